The molecule has 1 saturated heterocycles. The Balaban J connectivity index is 2.41. The first-order chi connectivity index (χ1) is 6.25. The molecule has 0 bridgehead atoms. The first kappa shape index (κ1) is 10.5. The van der Waals surface area contributed by atoms with Crippen LogP contribution in [0.5, 0.6) is 0 Å². The van der Waals surface area contributed by atoms with E-state index in [0.717, 1.165) is 32.4 Å². The normalized spacial score (nSPS) is 24.5. The van der Waals surface area contributed by atoms with E-state index in [1.807, 2.05) is 0 Å². The highest BCUT2D eigenvalue weighted by molar-refractivity contribution is 5.79. The quantitative estimate of drug-likeness (QED) is 0.671. The van der Waals surface area contributed by atoms with E-state index in [0.29, 0.717) is 6.61 Å². The number of nitrogens with two attached hydrogens (primary N) is 1. The second-order valence-corrected chi connectivity index (χ2v) is 3.44. The van der Waals surface area contributed by atoms with Crippen molar-refractivity contribution < 1.29 is 9.53 Å². The minimum Gasteiger partial charge on any atom is -0.383 e. The number of hydrogen-bond donors (Lipinski definition) is 1. The van der Waals surface area contributed by atoms with Crippen molar-refractivity contribution in [3.8, 4) is 0 Å². The molecular weight excluding hydrogens is 168 g/mol. The molecule has 1 aliphatic heterocycles. The fourth-order valence-electron chi connectivity index (χ4n) is 1.79. The number of hydrogen-bond acceptors (Lipinski definition) is 3. The molecule has 1 heterocycles. The minimum atomic E-state index is -0.198. The van der Waals surface area contributed by atoms with E-state index in [4.69, 9.17) is 10.5 Å². The number of carbonyl (C=O) groups excluding carboxylic acids is 1. The van der Waals surface area contributed by atoms with Gasteiger partial charge in [-0.2, -0.15) is 0 Å². The van der Waals surface area contributed by atoms with Crippen LogP contribution in [0.2, 0.25) is 0 Å². The molecule has 1 atom stereocenters. The summed E-state index contributed by atoms with van der Waals surface area (Å²) in [6, 6.07) is -0.0658. The largest absolute Gasteiger partial charge is 0.383 e. The lowest BCUT2D eigenvalue weighted by molar-refractivity contribution is -0.124. The Hall–Kier alpha value is -0.610. The Morgan fingerprint density at radius 2 is 2.38 bits per heavy atom. The molecule has 1 fully saturated rings. The van der Waals surface area contributed by atoms with Crippen molar-refractivity contribution in [3.63, 3.8) is 0 Å². The smallest absolute Gasteiger partial charge is 0.234 e. The molecular formula is C9H18N2O2. The Labute approximate surface area is 79.0 Å². The van der Waals surface area contributed by atoms with Gasteiger partial charge >= 0.3 is 0 Å². The van der Waals surface area contributed by atoms with Crippen LogP contribution in [0.4, 0.5) is 0 Å². The van der Waals surface area contributed by atoms with E-state index in [2.05, 4.69) is 4.90 Å². The summed E-state index contributed by atoms with van der Waals surface area (Å²) in [4.78, 5) is 13.2. The first-order valence-electron chi connectivity index (χ1n) is 4.78. The van der Waals surface area contributed by atoms with Crippen LogP contribution >= 0.6 is 0 Å². The first-order valence-corrected chi connectivity index (χ1v) is 4.78. The lowest BCUT2D eigenvalue weighted by Gasteiger charge is -2.33. The summed E-state index contributed by atoms with van der Waals surface area (Å²) in [5, 5.41) is 0. The molecule has 13 heavy (non-hydrogen) atoms. The van der Waals surface area contributed by atoms with Crippen LogP contribution in [0.3, 0.4) is 0 Å². The molecule has 0 aromatic carbocycles. The monoisotopic (exact) mass is 186 g/mol. The molecule has 2 N–H and O–H groups in total. The Morgan fingerprint density at radius 3 is 3.00 bits per heavy atom. The van der Waals surface area contributed by atoms with Gasteiger partial charge in [-0.15, -0.1) is 0 Å². The summed E-state index contributed by atoms with van der Waals surface area (Å²) in [5.74, 6) is -0.198. The van der Waals surface area contributed by atoms with E-state index in [1.54, 1.807) is 7.11 Å². The molecule has 0 aliphatic carbocycles. The van der Waals surface area contributed by atoms with E-state index < -0.39 is 0 Å². The zero-order valence-electron chi connectivity index (χ0n) is 8.16. The second-order valence-electron chi connectivity index (χ2n) is 3.44. The molecule has 4 heteroatoms. The van der Waals surface area contributed by atoms with E-state index in [9.17, 15) is 4.79 Å². The van der Waals surface area contributed by atoms with Crippen molar-refractivity contribution >= 4 is 5.91 Å². The number of likely N-dealkylation sites (tertiary alicyclic amines) is 1. The predicted octanol–water partition coefficient (Wildman–Crippen LogP) is -0.0274. The molecule has 0 spiro atoms. The second kappa shape index (κ2) is 5.19. The highest BCUT2D eigenvalue weighted by atomic mass is 16.5. The van der Waals surface area contributed by atoms with Gasteiger partial charge in [-0.05, 0) is 19.4 Å². The fourth-order valence-corrected chi connectivity index (χ4v) is 1.79. The molecule has 1 aliphatic rings. The molecule has 1 rings (SSSR count). The van der Waals surface area contributed by atoms with Gasteiger partial charge in [0.15, 0.2) is 0 Å². The van der Waals surface area contributed by atoms with Gasteiger partial charge in [0.25, 0.3) is 0 Å². The van der Waals surface area contributed by atoms with Crippen LogP contribution in [-0.2, 0) is 9.53 Å². The van der Waals surface area contributed by atoms with Crippen LogP contribution in [0.15, 0.2) is 0 Å². The number of primary amides is 1. The average molecular weight is 186 g/mol. The summed E-state index contributed by atoms with van der Waals surface area (Å²) in [7, 11) is 1.67. The number of nitrogens with zero attached hydrogens (tertiary/aromatic N) is 1. The molecule has 1 amide bonds. The van der Waals surface area contributed by atoms with Gasteiger partial charge in [0.1, 0.15) is 0 Å². The van der Waals surface area contributed by atoms with Gasteiger partial charge in [-0.3, -0.25) is 9.69 Å². The molecule has 0 aromatic rings. The maximum atomic E-state index is 11.1. The zero-order valence-corrected chi connectivity index (χ0v) is 8.16. The molecule has 0 saturated carbocycles. The highest BCUT2D eigenvalue weighted by Gasteiger charge is 2.25. The fraction of sp³-hybridized carbons (Fsp3) is 0.889. The molecule has 4 nitrogen and oxygen atoms in total. The van der Waals surface area contributed by atoms with Gasteiger partial charge in [0.2, 0.25) is 5.91 Å². The topological polar surface area (TPSA) is 55.6 Å². The lowest BCUT2D eigenvalue weighted by Crippen LogP contribution is -2.48. The Bertz CT molecular complexity index is 173. The van der Waals surface area contributed by atoms with Crippen molar-refractivity contribution in [2.75, 3.05) is 26.8 Å². The minimum absolute atomic E-state index is 0.0658. The van der Waals surface area contributed by atoms with Crippen LogP contribution in [0, 0.1) is 0 Å². The summed E-state index contributed by atoms with van der Waals surface area (Å²) >= 11 is 0. The van der Waals surface area contributed by atoms with Crippen LogP contribution in [0.25, 0.3) is 0 Å². The van der Waals surface area contributed by atoms with Crippen molar-refractivity contribution in [3.05, 3.63) is 0 Å². The van der Waals surface area contributed by atoms with Crippen molar-refractivity contribution in [1.82, 2.24) is 4.90 Å². The maximum Gasteiger partial charge on any atom is 0.234 e. The summed E-state index contributed by atoms with van der Waals surface area (Å²) in [6.45, 7) is 2.45. The van der Waals surface area contributed by atoms with Gasteiger partial charge in [0.05, 0.1) is 12.6 Å². The van der Waals surface area contributed by atoms with Gasteiger partial charge in [-0.25, -0.2) is 0 Å². The lowest BCUT2D eigenvalue weighted by atomic mass is 10.0. The highest BCUT2D eigenvalue weighted by Crippen LogP contribution is 2.15. The number of methoxy groups -OCH3 is 1. The number of rotatable bonds is 4. The van der Waals surface area contributed by atoms with Crippen molar-refractivity contribution in [2.24, 2.45) is 5.73 Å². The number of carbonyl (C=O) groups is 1. The van der Waals surface area contributed by atoms with Crippen molar-refractivity contribution in [2.45, 2.75) is 25.3 Å². The van der Waals surface area contributed by atoms with Crippen LogP contribution < -0.4 is 5.73 Å². The van der Waals surface area contributed by atoms with E-state index >= 15 is 0 Å². The molecule has 0 aromatic heterocycles. The summed E-state index contributed by atoms with van der Waals surface area (Å²) in [5.41, 5.74) is 5.31. The maximum absolute atomic E-state index is 11.1. The van der Waals surface area contributed by atoms with Gasteiger partial charge in [0, 0.05) is 13.7 Å². The SMILES string of the molecule is COCCN1CCCC[C@H]1C(N)=O. The Morgan fingerprint density at radius 1 is 1.62 bits per heavy atom. The van der Waals surface area contributed by atoms with E-state index in [1.165, 1.54) is 0 Å². The molecule has 0 radical (unpaired) electrons. The van der Waals surface area contributed by atoms with Crippen molar-refractivity contribution in [1.29, 1.82) is 0 Å². The Kier molecular flexibility index (Phi) is 4.18. The number of ether oxygens (including phenoxy) is 1. The standard InChI is InChI=1S/C9H18N2O2/c1-13-7-6-11-5-3-2-4-8(11)9(10)12/h8H,2-7H2,1H3,(H2,10,12)/t8-/m0/s1. The third kappa shape index (κ3) is 2.97. The molecule has 0 unspecified atom stereocenters. The van der Waals surface area contributed by atoms with Gasteiger partial charge in [-0.1, -0.05) is 6.42 Å². The predicted molar refractivity (Wildman–Crippen MR) is 50.3 cm³/mol. The van der Waals surface area contributed by atoms with Crippen LogP contribution in [-0.4, -0.2) is 43.7 Å². The van der Waals surface area contributed by atoms with Crippen LogP contribution in [0.1, 0.15) is 19.3 Å². The third-order valence-corrected chi connectivity index (χ3v) is 2.52. The summed E-state index contributed by atoms with van der Waals surface area (Å²) in [6.07, 6.45) is 3.17. The number of piperidine rings is 1. The van der Waals surface area contributed by atoms with E-state index in [-0.39, 0.29) is 11.9 Å². The third-order valence-electron chi connectivity index (χ3n) is 2.52. The average Bonchev–Trinajstić information content (AvgIpc) is 2.15. The van der Waals surface area contributed by atoms with Gasteiger partial charge < -0.3 is 10.5 Å². The molecule has 76 valence electrons. The number of amides is 1. The summed E-state index contributed by atoms with van der Waals surface area (Å²) < 4.78 is 4.98. The zero-order chi connectivity index (χ0) is 9.68.